The summed E-state index contributed by atoms with van der Waals surface area (Å²) in [4.78, 5) is 14.0. The highest BCUT2D eigenvalue weighted by atomic mass is 32.1. The molecule has 0 aliphatic carbocycles. The first-order valence-corrected chi connectivity index (χ1v) is 8.42. The lowest BCUT2D eigenvalue weighted by Gasteiger charge is -2.09. The maximum atomic E-state index is 12.3. The topological polar surface area (TPSA) is 72.9 Å². The molecule has 0 aliphatic rings. The lowest BCUT2D eigenvalue weighted by molar-refractivity contribution is 0.0945. The van der Waals surface area contributed by atoms with E-state index in [0.717, 1.165) is 15.9 Å². The molecular weight excluding hydrogens is 308 g/mol. The van der Waals surface area contributed by atoms with Crippen LogP contribution in [0.25, 0.3) is 10.2 Å². The van der Waals surface area contributed by atoms with E-state index < -0.39 is 0 Å². The zero-order chi connectivity index (χ0) is 16.4. The van der Waals surface area contributed by atoms with Gasteiger partial charge in [-0.2, -0.15) is 5.10 Å². The van der Waals surface area contributed by atoms with Crippen LogP contribution < -0.4 is 11.1 Å². The SMILES string of the molecule is Cc1nn(Cc2ccccc2)c2sc(C(=O)N[C@@H](C)CN)cc12. The van der Waals surface area contributed by atoms with Gasteiger partial charge in [-0.3, -0.25) is 9.48 Å². The molecule has 1 atom stereocenters. The fraction of sp³-hybridized carbons (Fsp3) is 0.294. The molecule has 3 aromatic rings. The van der Waals surface area contributed by atoms with Crippen molar-refractivity contribution in [1.29, 1.82) is 0 Å². The summed E-state index contributed by atoms with van der Waals surface area (Å²) in [5.41, 5.74) is 7.69. The number of thiophene rings is 1. The predicted molar refractivity (Wildman–Crippen MR) is 93.9 cm³/mol. The molecule has 0 bridgehead atoms. The molecule has 3 rings (SSSR count). The summed E-state index contributed by atoms with van der Waals surface area (Å²) in [5, 5.41) is 8.54. The molecule has 120 valence electrons. The number of nitrogens with zero attached hydrogens (tertiary/aromatic N) is 2. The summed E-state index contributed by atoms with van der Waals surface area (Å²) in [6.45, 7) is 5.00. The summed E-state index contributed by atoms with van der Waals surface area (Å²) in [7, 11) is 0. The number of hydrogen-bond acceptors (Lipinski definition) is 4. The van der Waals surface area contributed by atoms with Crippen LogP contribution in [-0.4, -0.2) is 28.3 Å². The molecule has 6 heteroatoms. The molecule has 0 fully saturated rings. The number of nitrogens with two attached hydrogens (primary N) is 1. The Balaban J connectivity index is 1.91. The van der Waals surface area contributed by atoms with Gasteiger partial charge < -0.3 is 11.1 Å². The van der Waals surface area contributed by atoms with E-state index in [2.05, 4.69) is 22.5 Å². The van der Waals surface area contributed by atoms with Gasteiger partial charge in [0.25, 0.3) is 5.91 Å². The first-order valence-electron chi connectivity index (χ1n) is 7.60. The Labute approximate surface area is 139 Å². The maximum Gasteiger partial charge on any atom is 0.261 e. The van der Waals surface area contributed by atoms with Gasteiger partial charge in [-0.15, -0.1) is 11.3 Å². The summed E-state index contributed by atoms with van der Waals surface area (Å²) in [6.07, 6.45) is 0. The summed E-state index contributed by atoms with van der Waals surface area (Å²) < 4.78 is 1.97. The van der Waals surface area contributed by atoms with Gasteiger partial charge in [-0.1, -0.05) is 30.3 Å². The van der Waals surface area contributed by atoms with Crippen LogP contribution in [0.5, 0.6) is 0 Å². The average Bonchev–Trinajstić information content (AvgIpc) is 3.10. The van der Waals surface area contributed by atoms with Crippen molar-refractivity contribution in [2.45, 2.75) is 26.4 Å². The van der Waals surface area contributed by atoms with Crippen LogP contribution in [-0.2, 0) is 6.54 Å². The number of rotatable bonds is 5. The van der Waals surface area contributed by atoms with E-state index >= 15 is 0 Å². The molecule has 23 heavy (non-hydrogen) atoms. The number of aromatic nitrogens is 2. The van der Waals surface area contributed by atoms with Gasteiger partial charge in [0.15, 0.2) is 0 Å². The average molecular weight is 328 g/mol. The van der Waals surface area contributed by atoms with Crippen molar-refractivity contribution >= 4 is 27.5 Å². The van der Waals surface area contributed by atoms with Gasteiger partial charge in [0.05, 0.1) is 17.1 Å². The van der Waals surface area contributed by atoms with Gasteiger partial charge in [0, 0.05) is 18.0 Å². The summed E-state index contributed by atoms with van der Waals surface area (Å²) in [5.74, 6) is -0.0742. The smallest absolute Gasteiger partial charge is 0.261 e. The standard InChI is InChI=1S/C17H20N4OS/c1-11(9-18)19-16(22)15-8-14-12(2)20-21(17(14)23-15)10-13-6-4-3-5-7-13/h3-8,11H,9-10,18H2,1-2H3,(H,19,22)/t11-/m0/s1. The maximum absolute atomic E-state index is 12.3. The fourth-order valence-corrected chi connectivity index (χ4v) is 3.51. The first-order chi connectivity index (χ1) is 11.1. The van der Waals surface area contributed by atoms with E-state index in [0.29, 0.717) is 18.0 Å². The van der Waals surface area contributed by atoms with Crippen LogP contribution in [0.4, 0.5) is 0 Å². The van der Waals surface area contributed by atoms with Crippen LogP contribution in [0, 0.1) is 6.92 Å². The van der Waals surface area contributed by atoms with Crippen molar-refractivity contribution in [2.24, 2.45) is 5.73 Å². The van der Waals surface area contributed by atoms with Crippen LogP contribution in [0.3, 0.4) is 0 Å². The van der Waals surface area contributed by atoms with E-state index in [-0.39, 0.29) is 11.9 Å². The molecule has 0 aliphatic heterocycles. The molecule has 1 aromatic carbocycles. The summed E-state index contributed by atoms with van der Waals surface area (Å²) in [6, 6.07) is 12.1. The first kappa shape index (κ1) is 15.7. The van der Waals surface area contributed by atoms with Crippen LogP contribution in [0.15, 0.2) is 36.4 Å². The minimum Gasteiger partial charge on any atom is -0.348 e. The van der Waals surface area contributed by atoms with Crippen molar-refractivity contribution in [3.63, 3.8) is 0 Å². The Morgan fingerprint density at radius 1 is 1.39 bits per heavy atom. The van der Waals surface area contributed by atoms with Gasteiger partial charge in [-0.25, -0.2) is 0 Å². The number of nitrogens with one attached hydrogen (secondary N) is 1. The Kier molecular flexibility index (Phi) is 4.45. The second-order valence-electron chi connectivity index (χ2n) is 5.67. The van der Waals surface area contributed by atoms with Crippen molar-refractivity contribution in [3.05, 3.63) is 52.5 Å². The van der Waals surface area contributed by atoms with E-state index in [4.69, 9.17) is 5.73 Å². The molecule has 0 radical (unpaired) electrons. The molecule has 0 saturated carbocycles. The van der Waals surface area contributed by atoms with Crippen molar-refractivity contribution < 1.29 is 4.79 Å². The Bertz CT molecular complexity index is 822. The third-order valence-corrected chi connectivity index (χ3v) is 4.88. The number of fused-ring (bicyclic) bond motifs is 1. The van der Waals surface area contributed by atoms with Crippen LogP contribution in [0.1, 0.15) is 27.9 Å². The quantitative estimate of drug-likeness (QED) is 0.756. The lowest BCUT2D eigenvalue weighted by Crippen LogP contribution is -2.37. The van der Waals surface area contributed by atoms with Crippen molar-refractivity contribution in [2.75, 3.05) is 6.54 Å². The van der Waals surface area contributed by atoms with Gasteiger partial charge >= 0.3 is 0 Å². The molecule has 0 spiro atoms. The number of hydrogen-bond donors (Lipinski definition) is 2. The highest BCUT2D eigenvalue weighted by Gasteiger charge is 2.17. The largest absolute Gasteiger partial charge is 0.348 e. The number of carbonyl (C=O) groups excluding carboxylic acids is 1. The normalized spacial score (nSPS) is 12.5. The van der Waals surface area contributed by atoms with E-state index in [9.17, 15) is 4.79 Å². The van der Waals surface area contributed by atoms with E-state index in [1.807, 2.05) is 42.8 Å². The number of benzene rings is 1. The highest BCUT2D eigenvalue weighted by Crippen LogP contribution is 2.28. The number of carbonyl (C=O) groups is 1. The predicted octanol–water partition coefficient (Wildman–Crippen LogP) is 2.53. The zero-order valence-corrected chi connectivity index (χ0v) is 14.1. The van der Waals surface area contributed by atoms with Gasteiger partial charge in [0.2, 0.25) is 0 Å². The number of amides is 1. The van der Waals surface area contributed by atoms with Crippen molar-refractivity contribution in [3.8, 4) is 0 Å². The molecule has 3 N–H and O–H groups in total. The molecule has 1 amide bonds. The van der Waals surface area contributed by atoms with Crippen LogP contribution in [0.2, 0.25) is 0 Å². The summed E-state index contributed by atoms with van der Waals surface area (Å²) >= 11 is 1.47. The van der Waals surface area contributed by atoms with E-state index in [1.54, 1.807) is 0 Å². The monoisotopic (exact) mass is 328 g/mol. The lowest BCUT2D eigenvalue weighted by atomic mass is 10.2. The minimum absolute atomic E-state index is 0.0328. The molecule has 5 nitrogen and oxygen atoms in total. The Hall–Kier alpha value is -2.18. The Morgan fingerprint density at radius 2 is 2.13 bits per heavy atom. The zero-order valence-electron chi connectivity index (χ0n) is 13.2. The molecule has 0 saturated heterocycles. The fourth-order valence-electron chi connectivity index (χ4n) is 2.44. The van der Waals surface area contributed by atoms with Crippen molar-refractivity contribution in [1.82, 2.24) is 15.1 Å². The Morgan fingerprint density at radius 3 is 2.83 bits per heavy atom. The van der Waals surface area contributed by atoms with Gasteiger partial charge in [-0.05, 0) is 25.5 Å². The third kappa shape index (κ3) is 3.28. The minimum atomic E-state index is -0.0742. The number of aryl methyl sites for hydroxylation is 1. The molecule has 0 unspecified atom stereocenters. The third-order valence-electron chi connectivity index (χ3n) is 3.74. The second-order valence-corrected chi connectivity index (χ2v) is 6.70. The molecule has 2 heterocycles. The molecular formula is C17H20N4OS. The molecule has 2 aromatic heterocycles. The highest BCUT2D eigenvalue weighted by molar-refractivity contribution is 7.20. The second kappa shape index (κ2) is 6.52. The van der Waals surface area contributed by atoms with Gasteiger partial charge in [0.1, 0.15) is 4.83 Å². The van der Waals surface area contributed by atoms with Crippen LogP contribution >= 0.6 is 11.3 Å². The van der Waals surface area contributed by atoms with E-state index in [1.165, 1.54) is 16.9 Å².